The molecule has 0 aliphatic carbocycles. The molecule has 0 radical (unpaired) electrons. The molecule has 1 aliphatic rings. The first kappa shape index (κ1) is 25.2. The molecule has 0 amide bonds. The van der Waals surface area contributed by atoms with Gasteiger partial charge in [-0.2, -0.15) is 0 Å². The van der Waals surface area contributed by atoms with Crippen LogP contribution in [0.5, 0.6) is 0 Å². The lowest BCUT2D eigenvalue weighted by Crippen LogP contribution is -2.47. The lowest BCUT2D eigenvalue weighted by atomic mass is 10.1. The number of piperidine rings is 1. The number of likely N-dealkylation sites (tertiary alicyclic amines) is 1. The van der Waals surface area contributed by atoms with Gasteiger partial charge in [-0.3, -0.25) is 4.90 Å². The van der Waals surface area contributed by atoms with Gasteiger partial charge in [0.25, 0.3) is 0 Å². The Bertz CT molecular complexity index is 569. The molecular weight excluding hydrogens is 463 g/mol. The molecule has 0 saturated carbocycles. The van der Waals surface area contributed by atoms with Gasteiger partial charge < -0.3 is 15.0 Å². The van der Waals surface area contributed by atoms with Crippen molar-refractivity contribution in [1.29, 1.82) is 0 Å². The van der Waals surface area contributed by atoms with Gasteiger partial charge in [0, 0.05) is 32.8 Å². The number of rotatable bonds is 9. The van der Waals surface area contributed by atoms with E-state index < -0.39 is 0 Å². The molecule has 2 rings (SSSR count). The fourth-order valence-corrected chi connectivity index (χ4v) is 3.61. The summed E-state index contributed by atoms with van der Waals surface area (Å²) in [5.74, 6) is 1.03. The van der Waals surface area contributed by atoms with Crippen molar-refractivity contribution in [1.82, 2.24) is 15.1 Å². The summed E-state index contributed by atoms with van der Waals surface area (Å²) in [6.07, 6.45) is 2.57. The van der Waals surface area contributed by atoms with Gasteiger partial charge in [-0.05, 0) is 50.9 Å². The largest absolute Gasteiger partial charge is 0.378 e. The van der Waals surface area contributed by atoms with Crippen LogP contribution in [0.15, 0.2) is 29.3 Å². The van der Waals surface area contributed by atoms with Crippen LogP contribution < -0.4 is 5.32 Å². The zero-order valence-corrected chi connectivity index (χ0v) is 20.4. The summed E-state index contributed by atoms with van der Waals surface area (Å²) < 4.78 is 5.78. The Labute approximate surface area is 188 Å². The first-order valence-electron chi connectivity index (χ1n) is 10.7. The van der Waals surface area contributed by atoms with Crippen molar-refractivity contribution in [3.8, 4) is 0 Å². The van der Waals surface area contributed by atoms with Gasteiger partial charge in [-0.15, -0.1) is 24.0 Å². The number of nitrogens with zero attached hydrogens (tertiary/aromatic N) is 3. The van der Waals surface area contributed by atoms with Crippen LogP contribution >= 0.6 is 24.0 Å². The van der Waals surface area contributed by atoms with E-state index in [2.05, 4.69) is 67.1 Å². The SMILES string of the molecule is CCNC(=NCc1ccccc1CN(CC)CC)N1CCC(OCC)CC1.I. The quantitative estimate of drug-likeness (QED) is 0.314. The van der Waals surface area contributed by atoms with E-state index in [0.717, 1.165) is 71.2 Å². The molecular formula is C22H39IN4O. The molecule has 1 aromatic rings. The molecule has 0 aromatic heterocycles. The lowest BCUT2D eigenvalue weighted by Gasteiger charge is -2.34. The third-order valence-corrected chi connectivity index (χ3v) is 5.28. The van der Waals surface area contributed by atoms with E-state index in [1.165, 1.54) is 11.1 Å². The monoisotopic (exact) mass is 502 g/mol. The van der Waals surface area contributed by atoms with Crippen LogP contribution in [0.4, 0.5) is 0 Å². The molecule has 160 valence electrons. The Morgan fingerprint density at radius 3 is 2.32 bits per heavy atom. The van der Waals surface area contributed by atoms with Gasteiger partial charge in [0.1, 0.15) is 0 Å². The molecule has 1 aliphatic heterocycles. The molecule has 6 heteroatoms. The lowest BCUT2D eigenvalue weighted by molar-refractivity contribution is 0.0263. The van der Waals surface area contributed by atoms with Crippen molar-refractivity contribution in [3.05, 3.63) is 35.4 Å². The second kappa shape index (κ2) is 14.2. The number of ether oxygens (including phenoxy) is 1. The number of guanidine groups is 1. The molecule has 5 nitrogen and oxygen atoms in total. The van der Waals surface area contributed by atoms with Crippen LogP contribution in [0, 0.1) is 0 Å². The second-order valence-electron chi connectivity index (χ2n) is 7.04. The molecule has 28 heavy (non-hydrogen) atoms. The Morgan fingerprint density at radius 2 is 1.75 bits per heavy atom. The fraction of sp³-hybridized carbons (Fsp3) is 0.682. The van der Waals surface area contributed by atoms with E-state index in [9.17, 15) is 0 Å². The van der Waals surface area contributed by atoms with Crippen LogP contribution in [0.25, 0.3) is 0 Å². The highest BCUT2D eigenvalue weighted by Gasteiger charge is 2.21. The molecule has 0 atom stereocenters. The van der Waals surface area contributed by atoms with Crippen molar-refractivity contribution in [2.45, 2.75) is 59.7 Å². The molecule has 1 aromatic carbocycles. The van der Waals surface area contributed by atoms with E-state index in [1.807, 2.05) is 0 Å². The summed E-state index contributed by atoms with van der Waals surface area (Å²) >= 11 is 0. The van der Waals surface area contributed by atoms with Gasteiger partial charge in [0.2, 0.25) is 0 Å². The van der Waals surface area contributed by atoms with Gasteiger partial charge >= 0.3 is 0 Å². The predicted molar refractivity (Wildman–Crippen MR) is 130 cm³/mol. The fourth-order valence-electron chi connectivity index (χ4n) is 3.61. The highest BCUT2D eigenvalue weighted by atomic mass is 127. The molecule has 1 saturated heterocycles. The normalized spacial score (nSPS) is 15.6. The first-order chi connectivity index (χ1) is 13.2. The second-order valence-corrected chi connectivity index (χ2v) is 7.04. The van der Waals surface area contributed by atoms with Gasteiger partial charge in [0.05, 0.1) is 12.6 Å². The zero-order chi connectivity index (χ0) is 19.5. The summed E-state index contributed by atoms with van der Waals surface area (Å²) in [6, 6.07) is 8.71. The number of halogens is 1. The maximum Gasteiger partial charge on any atom is 0.194 e. The topological polar surface area (TPSA) is 40.1 Å². The minimum absolute atomic E-state index is 0. The van der Waals surface area contributed by atoms with E-state index in [-0.39, 0.29) is 24.0 Å². The van der Waals surface area contributed by atoms with Crippen molar-refractivity contribution in [2.24, 2.45) is 4.99 Å². The number of benzene rings is 1. The Hall–Kier alpha value is -0.860. The molecule has 1 heterocycles. The molecule has 1 fully saturated rings. The van der Waals surface area contributed by atoms with Crippen molar-refractivity contribution >= 4 is 29.9 Å². The standard InChI is InChI=1S/C22H38N4O.HI/c1-5-23-22(26-15-13-21(14-16-26)27-8-4)24-17-19-11-9-10-12-20(19)18-25(6-2)7-3;/h9-12,21H,5-8,13-18H2,1-4H3,(H,23,24);1H. The third-order valence-electron chi connectivity index (χ3n) is 5.28. The molecule has 0 bridgehead atoms. The van der Waals surface area contributed by atoms with Crippen molar-refractivity contribution < 1.29 is 4.74 Å². The number of aliphatic imine (C=N–C) groups is 1. The van der Waals surface area contributed by atoms with Crippen molar-refractivity contribution in [3.63, 3.8) is 0 Å². The Kier molecular flexibility index (Phi) is 12.7. The third kappa shape index (κ3) is 7.87. The minimum Gasteiger partial charge on any atom is -0.378 e. The summed E-state index contributed by atoms with van der Waals surface area (Å²) in [7, 11) is 0. The zero-order valence-electron chi connectivity index (χ0n) is 18.1. The minimum atomic E-state index is 0. The predicted octanol–water partition coefficient (Wildman–Crippen LogP) is 4.11. The van der Waals surface area contributed by atoms with Crippen LogP contribution in [-0.2, 0) is 17.8 Å². The van der Waals surface area contributed by atoms with Crippen molar-refractivity contribution in [2.75, 3.05) is 39.3 Å². The summed E-state index contributed by atoms with van der Waals surface area (Å²) in [6.45, 7) is 16.3. The highest BCUT2D eigenvalue weighted by molar-refractivity contribution is 14.0. The smallest absolute Gasteiger partial charge is 0.194 e. The van der Waals surface area contributed by atoms with Crippen LogP contribution in [0.1, 0.15) is 51.7 Å². The first-order valence-corrected chi connectivity index (χ1v) is 10.7. The molecule has 0 unspecified atom stereocenters. The van der Waals surface area contributed by atoms with E-state index in [1.54, 1.807) is 0 Å². The van der Waals surface area contributed by atoms with E-state index >= 15 is 0 Å². The maximum absolute atomic E-state index is 5.78. The summed E-state index contributed by atoms with van der Waals surface area (Å²) in [5, 5.41) is 3.48. The average molecular weight is 502 g/mol. The Morgan fingerprint density at radius 1 is 1.11 bits per heavy atom. The van der Waals surface area contributed by atoms with Gasteiger partial charge in [-0.25, -0.2) is 4.99 Å². The molecule has 0 spiro atoms. The Balaban J connectivity index is 0.00000392. The van der Waals surface area contributed by atoms with Crippen LogP contribution in [-0.4, -0.2) is 61.2 Å². The summed E-state index contributed by atoms with van der Waals surface area (Å²) in [5.41, 5.74) is 2.71. The van der Waals surface area contributed by atoms with Gasteiger partial charge in [0.15, 0.2) is 5.96 Å². The van der Waals surface area contributed by atoms with Gasteiger partial charge in [-0.1, -0.05) is 38.1 Å². The molecule has 1 N–H and O–H groups in total. The number of hydrogen-bond donors (Lipinski definition) is 1. The number of hydrogen-bond acceptors (Lipinski definition) is 3. The highest BCUT2D eigenvalue weighted by Crippen LogP contribution is 2.16. The number of nitrogens with one attached hydrogen (secondary N) is 1. The van der Waals surface area contributed by atoms with Crippen LogP contribution in [0.2, 0.25) is 0 Å². The summed E-state index contributed by atoms with van der Waals surface area (Å²) in [4.78, 5) is 9.80. The van der Waals surface area contributed by atoms with Crippen LogP contribution in [0.3, 0.4) is 0 Å². The van der Waals surface area contributed by atoms with E-state index in [4.69, 9.17) is 9.73 Å². The average Bonchev–Trinajstić information content (AvgIpc) is 2.71. The van der Waals surface area contributed by atoms with E-state index in [0.29, 0.717) is 6.10 Å². The maximum atomic E-state index is 5.78.